The number of likely N-dealkylation sites (N-methyl/N-ethyl adjacent to an activating group) is 1. The van der Waals surface area contributed by atoms with Crippen molar-refractivity contribution in [1.29, 1.82) is 0 Å². The Hall–Kier alpha value is -1.55. The molecule has 1 saturated heterocycles. The van der Waals surface area contributed by atoms with E-state index in [1.807, 2.05) is 0 Å². The number of hydrogen-bond donors (Lipinski definition) is 1. The molecule has 1 aromatic rings. The zero-order valence-corrected chi connectivity index (χ0v) is 10.1. The lowest BCUT2D eigenvalue weighted by molar-refractivity contribution is 0.0711. The first-order chi connectivity index (χ1) is 8.09. The van der Waals surface area contributed by atoms with Crippen LogP contribution in [0.1, 0.15) is 22.3 Å². The molecule has 1 N–H and O–H groups in total. The van der Waals surface area contributed by atoms with Gasteiger partial charge in [0.1, 0.15) is 5.75 Å². The summed E-state index contributed by atoms with van der Waals surface area (Å²) in [5, 5.41) is 9.43. The van der Waals surface area contributed by atoms with E-state index < -0.39 is 0 Å². The lowest BCUT2D eigenvalue weighted by Gasteiger charge is -2.23. The zero-order chi connectivity index (χ0) is 12.4. The molecule has 1 unspecified atom stereocenters. The summed E-state index contributed by atoms with van der Waals surface area (Å²) in [6, 6.07) is 5.08. The van der Waals surface area contributed by atoms with Gasteiger partial charge in [-0.1, -0.05) is 0 Å². The summed E-state index contributed by atoms with van der Waals surface area (Å²) in [5.41, 5.74) is 1.32. The summed E-state index contributed by atoms with van der Waals surface area (Å²) in [5.74, 6) is 0.192. The molecule has 4 nitrogen and oxygen atoms in total. The van der Waals surface area contributed by atoms with E-state index in [4.69, 9.17) is 4.74 Å². The lowest BCUT2D eigenvalue weighted by Crippen LogP contribution is -2.37. The van der Waals surface area contributed by atoms with Gasteiger partial charge in [0.25, 0.3) is 5.91 Å². The molecular weight excluding hydrogens is 218 g/mol. The molecule has 1 aliphatic rings. The first kappa shape index (κ1) is 11.9. The molecule has 1 aliphatic heterocycles. The molecule has 0 saturated carbocycles. The first-order valence-electron chi connectivity index (χ1n) is 5.74. The van der Waals surface area contributed by atoms with Gasteiger partial charge in [-0.05, 0) is 37.1 Å². The van der Waals surface area contributed by atoms with Crippen molar-refractivity contribution in [3.63, 3.8) is 0 Å². The summed E-state index contributed by atoms with van der Waals surface area (Å²) >= 11 is 0. The standard InChI is InChI=1S/C13H17NO3/c1-9-7-10(3-4-12(9)15)13(16)14(2)11-5-6-17-8-11/h3-4,7,11,15H,5-6,8H2,1-2H3. The van der Waals surface area contributed by atoms with Crippen LogP contribution in [-0.2, 0) is 4.74 Å². The van der Waals surface area contributed by atoms with Gasteiger partial charge in [0, 0.05) is 19.2 Å². The molecule has 2 rings (SSSR count). The second-order valence-corrected chi connectivity index (χ2v) is 4.43. The second kappa shape index (κ2) is 4.75. The highest BCUT2D eigenvalue weighted by Crippen LogP contribution is 2.19. The molecule has 0 aliphatic carbocycles. The number of benzene rings is 1. The van der Waals surface area contributed by atoms with Gasteiger partial charge in [-0.15, -0.1) is 0 Å². The number of hydrogen-bond acceptors (Lipinski definition) is 3. The average Bonchev–Trinajstić information content (AvgIpc) is 2.84. The Labute approximate surface area is 101 Å². The minimum absolute atomic E-state index is 0.0244. The number of aryl methyl sites for hydroxylation is 1. The number of amides is 1. The summed E-state index contributed by atoms with van der Waals surface area (Å²) in [7, 11) is 1.80. The van der Waals surface area contributed by atoms with Crippen molar-refractivity contribution >= 4 is 5.91 Å². The molecule has 1 amide bonds. The van der Waals surface area contributed by atoms with Crippen LogP contribution in [0.3, 0.4) is 0 Å². The monoisotopic (exact) mass is 235 g/mol. The molecule has 0 spiro atoms. The van der Waals surface area contributed by atoms with Crippen molar-refractivity contribution in [2.75, 3.05) is 20.3 Å². The van der Waals surface area contributed by atoms with Crippen LogP contribution in [0.25, 0.3) is 0 Å². The number of ether oxygens (including phenoxy) is 1. The number of nitrogens with zero attached hydrogens (tertiary/aromatic N) is 1. The van der Waals surface area contributed by atoms with Gasteiger partial charge in [0.05, 0.1) is 12.6 Å². The molecule has 1 fully saturated rings. The van der Waals surface area contributed by atoms with Gasteiger partial charge in [0.2, 0.25) is 0 Å². The van der Waals surface area contributed by atoms with E-state index in [9.17, 15) is 9.90 Å². The van der Waals surface area contributed by atoms with E-state index in [1.165, 1.54) is 0 Å². The molecule has 1 aromatic carbocycles. The average molecular weight is 235 g/mol. The topological polar surface area (TPSA) is 49.8 Å². The number of carbonyl (C=O) groups is 1. The molecule has 0 radical (unpaired) electrons. The molecule has 17 heavy (non-hydrogen) atoms. The molecular formula is C13H17NO3. The van der Waals surface area contributed by atoms with Gasteiger partial charge in [-0.3, -0.25) is 4.79 Å². The van der Waals surface area contributed by atoms with Crippen LogP contribution in [0.2, 0.25) is 0 Å². The molecule has 0 bridgehead atoms. The van der Waals surface area contributed by atoms with E-state index >= 15 is 0 Å². The van der Waals surface area contributed by atoms with E-state index in [0.29, 0.717) is 17.7 Å². The minimum atomic E-state index is -0.0244. The van der Waals surface area contributed by atoms with Crippen LogP contribution in [0.5, 0.6) is 5.75 Å². The highest BCUT2D eigenvalue weighted by molar-refractivity contribution is 5.94. The van der Waals surface area contributed by atoms with Crippen molar-refractivity contribution in [3.05, 3.63) is 29.3 Å². The second-order valence-electron chi connectivity index (χ2n) is 4.43. The van der Waals surface area contributed by atoms with E-state index in [2.05, 4.69) is 0 Å². The maximum Gasteiger partial charge on any atom is 0.253 e. The molecule has 92 valence electrons. The largest absolute Gasteiger partial charge is 0.508 e. The summed E-state index contributed by atoms with van der Waals surface area (Å²) < 4.78 is 5.27. The number of carbonyl (C=O) groups excluding carboxylic acids is 1. The molecule has 4 heteroatoms. The van der Waals surface area contributed by atoms with Crippen LogP contribution in [0.4, 0.5) is 0 Å². The van der Waals surface area contributed by atoms with Crippen LogP contribution < -0.4 is 0 Å². The maximum atomic E-state index is 12.2. The smallest absolute Gasteiger partial charge is 0.253 e. The van der Waals surface area contributed by atoms with Crippen molar-refractivity contribution in [1.82, 2.24) is 4.90 Å². The number of rotatable bonds is 2. The van der Waals surface area contributed by atoms with Crippen LogP contribution in [0, 0.1) is 6.92 Å². The van der Waals surface area contributed by atoms with E-state index in [0.717, 1.165) is 13.0 Å². The van der Waals surface area contributed by atoms with E-state index in [-0.39, 0.29) is 17.7 Å². The highest BCUT2D eigenvalue weighted by atomic mass is 16.5. The van der Waals surface area contributed by atoms with Gasteiger partial charge in [0.15, 0.2) is 0 Å². The normalized spacial score (nSPS) is 19.3. The highest BCUT2D eigenvalue weighted by Gasteiger charge is 2.24. The van der Waals surface area contributed by atoms with Crippen LogP contribution >= 0.6 is 0 Å². The Balaban J connectivity index is 2.15. The first-order valence-corrected chi connectivity index (χ1v) is 5.74. The predicted molar refractivity (Wildman–Crippen MR) is 64.2 cm³/mol. The molecule has 1 atom stereocenters. The summed E-state index contributed by atoms with van der Waals surface area (Å²) in [6.07, 6.45) is 0.888. The fraction of sp³-hybridized carbons (Fsp3) is 0.462. The zero-order valence-electron chi connectivity index (χ0n) is 10.1. The Bertz CT molecular complexity index is 425. The van der Waals surface area contributed by atoms with Gasteiger partial charge in [-0.2, -0.15) is 0 Å². The fourth-order valence-electron chi connectivity index (χ4n) is 1.99. The Morgan fingerprint density at radius 1 is 1.53 bits per heavy atom. The van der Waals surface area contributed by atoms with Crippen molar-refractivity contribution in [3.8, 4) is 5.75 Å². The third-order valence-corrected chi connectivity index (χ3v) is 3.22. The van der Waals surface area contributed by atoms with Crippen molar-refractivity contribution in [2.45, 2.75) is 19.4 Å². The van der Waals surface area contributed by atoms with Gasteiger partial charge in [-0.25, -0.2) is 0 Å². The summed E-state index contributed by atoms with van der Waals surface area (Å²) in [4.78, 5) is 13.9. The third-order valence-electron chi connectivity index (χ3n) is 3.22. The van der Waals surface area contributed by atoms with Gasteiger partial charge >= 0.3 is 0 Å². The summed E-state index contributed by atoms with van der Waals surface area (Å²) in [6.45, 7) is 3.11. The number of phenolic OH excluding ortho intramolecular Hbond substituents is 1. The van der Waals surface area contributed by atoms with Crippen LogP contribution in [-0.4, -0.2) is 42.2 Å². The molecule has 1 heterocycles. The molecule has 0 aromatic heterocycles. The maximum absolute atomic E-state index is 12.2. The Kier molecular flexibility index (Phi) is 3.33. The van der Waals surface area contributed by atoms with E-state index in [1.54, 1.807) is 37.1 Å². The third kappa shape index (κ3) is 2.42. The number of aromatic hydroxyl groups is 1. The minimum Gasteiger partial charge on any atom is -0.508 e. The fourth-order valence-corrected chi connectivity index (χ4v) is 1.99. The predicted octanol–water partition coefficient (Wildman–Crippen LogP) is 1.56. The number of phenols is 1. The quantitative estimate of drug-likeness (QED) is 0.846. The Morgan fingerprint density at radius 3 is 2.88 bits per heavy atom. The van der Waals surface area contributed by atoms with Crippen molar-refractivity contribution < 1.29 is 14.6 Å². The van der Waals surface area contributed by atoms with Crippen LogP contribution in [0.15, 0.2) is 18.2 Å². The van der Waals surface area contributed by atoms with Gasteiger partial charge < -0.3 is 14.7 Å². The van der Waals surface area contributed by atoms with Crippen molar-refractivity contribution in [2.24, 2.45) is 0 Å². The Morgan fingerprint density at radius 2 is 2.29 bits per heavy atom. The SMILES string of the molecule is Cc1cc(C(=O)N(C)C2CCOC2)ccc1O. The lowest BCUT2D eigenvalue weighted by atomic mass is 10.1.